The van der Waals surface area contributed by atoms with E-state index in [0.717, 1.165) is 36.6 Å². The Morgan fingerprint density at radius 2 is 2.35 bits per heavy atom. The molecule has 1 heterocycles. The van der Waals surface area contributed by atoms with Crippen molar-refractivity contribution in [1.82, 2.24) is 14.9 Å². The first kappa shape index (κ1) is 15.3. The number of H-pyrrole nitrogens is 1. The van der Waals surface area contributed by atoms with Crippen molar-refractivity contribution < 1.29 is 4.79 Å². The summed E-state index contributed by atoms with van der Waals surface area (Å²) in [7, 11) is 0. The molecule has 1 N–H and O–H groups in total. The van der Waals surface area contributed by atoms with Crippen LogP contribution in [-0.4, -0.2) is 31.6 Å². The first-order valence-corrected chi connectivity index (χ1v) is 7.87. The van der Waals surface area contributed by atoms with Crippen molar-refractivity contribution in [2.75, 3.05) is 6.54 Å². The number of fused-ring (bicyclic) bond motifs is 1. The largest absolute Gasteiger partial charge is 0.344 e. The molecule has 0 radical (unpaired) electrons. The van der Waals surface area contributed by atoms with Crippen LogP contribution in [0.25, 0.3) is 6.08 Å². The van der Waals surface area contributed by atoms with E-state index in [9.17, 15) is 4.79 Å². The lowest BCUT2D eigenvalue weighted by atomic mass is 9.98. The van der Waals surface area contributed by atoms with Crippen LogP contribution in [-0.2, 0) is 11.2 Å². The molecular formula is C15H22BrN3O. The summed E-state index contributed by atoms with van der Waals surface area (Å²) in [5.41, 5.74) is 2.12. The van der Waals surface area contributed by atoms with E-state index < -0.39 is 0 Å². The maximum Gasteiger partial charge on any atom is 0.220 e. The van der Waals surface area contributed by atoms with E-state index in [0.29, 0.717) is 0 Å². The number of amides is 1. The van der Waals surface area contributed by atoms with Crippen LogP contribution in [0.1, 0.15) is 57.4 Å². The zero-order valence-corrected chi connectivity index (χ0v) is 14.1. The number of hydrogen-bond acceptors (Lipinski definition) is 2. The van der Waals surface area contributed by atoms with Crippen molar-refractivity contribution in [2.24, 2.45) is 0 Å². The number of alkyl halides is 1. The summed E-state index contributed by atoms with van der Waals surface area (Å²) in [5, 5.41) is 0. The Labute approximate surface area is 128 Å². The number of hydrogen-bond donors (Lipinski definition) is 1. The quantitative estimate of drug-likeness (QED) is 0.854. The number of nitrogens with zero attached hydrogens (tertiary/aromatic N) is 2. The predicted octanol–water partition coefficient (Wildman–Crippen LogP) is 3.45. The van der Waals surface area contributed by atoms with E-state index in [1.165, 1.54) is 0 Å². The first-order valence-electron chi connectivity index (χ1n) is 7.08. The van der Waals surface area contributed by atoms with Crippen LogP contribution in [0.15, 0.2) is 6.08 Å². The fourth-order valence-corrected chi connectivity index (χ4v) is 3.00. The van der Waals surface area contributed by atoms with Gasteiger partial charge in [0.25, 0.3) is 0 Å². The zero-order valence-electron chi connectivity index (χ0n) is 12.5. The Hall–Kier alpha value is -1.10. The van der Waals surface area contributed by atoms with Crippen molar-refractivity contribution in [3.63, 3.8) is 0 Å². The minimum atomic E-state index is -0.0203. The minimum absolute atomic E-state index is 0.0171. The van der Waals surface area contributed by atoms with Gasteiger partial charge in [-0.2, -0.15) is 0 Å². The number of halogens is 1. The minimum Gasteiger partial charge on any atom is -0.344 e. The molecule has 0 spiro atoms. The fraction of sp³-hybridized carbons (Fsp3) is 0.600. The van der Waals surface area contributed by atoms with Crippen molar-refractivity contribution in [2.45, 2.75) is 50.9 Å². The highest BCUT2D eigenvalue weighted by molar-refractivity contribution is 9.10. The number of nitrogens with one attached hydrogen (secondary N) is 1. The smallest absolute Gasteiger partial charge is 0.220 e. The maximum absolute atomic E-state index is 11.8. The van der Waals surface area contributed by atoms with Gasteiger partial charge in [-0.05, 0) is 26.3 Å². The van der Waals surface area contributed by atoms with Gasteiger partial charge in [-0.3, -0.25) is 4.79 Å². The second-order valence-corrected chi connectivity index (χ2v) is 7.47. The van der Waals surface area contributed by atoms with Gasteiger partial charge in [-0.15, -0.1) is 0 Å². The third-order valence-electron chi connectivity index (χ3n) is 3.67. The highest BCUT2D eigenvalue weighted by atomic mass is 79.9. The molecule has 1 aliphatic carbocycles. The van der Waals surface area contributed by atoms with Gasteiger partial charge in [0.1, 0.15) is 5.82 Å². The highest BCUT2D eigenvalue weighted by Gasteiger charge is 2.27. The first-order chi connectivity index (χ1) is 9.34. The molecule has 0 aliphatic heterocycles. The molecule has 0 saturated heterocycles. The van der Waals surface area contributed by atoms with Crippen LogP contribution in [0, 0.1) is 0 Å². The monoisotopic (exact) mass is 339 g/mol. The van der Waals surface area contributed by atoms with E-state index in [2.05, 4.69) is 45.8 Å². The number of carbonyl (C=O) groups is 1. The zero-order chi connectivity index (χ0) is 14.9. The third-order valence-corrected chi connectivity index (χ3v) is 4.22. The number of allylic oxidation sites excluding steroid dienone is 1. The molecule has 0 bridgehead atoms. The van der Waals surface area contributed by atoms with Gasteiger partial charge < -0.3 is 9.88 Å². The number of carbonyl (C=O) groups excluding carboxylic acids is 1. The Bertz CT molecular complexity index is 533. The second-order valence-electron chi connectivity index (χ2n) is 5.66. The van der Waals surface area contributed by atoms with Gasteiger partial charge in [0.2, 0.25) is 5.91 Å². The topological polar surface area (TPSA) is 49.0 Å². The Kier molecular flexibility index (Phi) is 4.37. The molecule has 1 amide bonds. The molecule has 0 aromatic carbocycles. The summed E-state index contributed by atoms with van der Waals surface area (Å²) in [6.07, 6.45) is 5.99. The van der Waals surface area contributed by atoms with Crippen LogP contribution in [0.3, 0.4) is 0 Å². The van der Waals surface area contributed by atoms with Crippen LogP contribution < -0.4 is 0 Å². The van der Waals surface area contributed by atoms with Gasteiger partial charge in [0.05, 0.1) is 11.7 Å². The van der Waals surface area contributed by atoms with E-state index >= 15 is 0 Å². The molecule has 0 saturated carbocycles. The lowest BCUT2D eigenvalue weighted by Gasteiger charge is -2.26. The number of aromatic amines is 1. The number of aromatic nitrogens is 2. The molecule has 110 valence electrons. The summed E-state index contributed by atoms with van der Waals surface area (Å²) in [5.74, 6) is 0.961. The van der Waals surface area contributed by atoms with Crippen molar-refractivity contribution in [3.05, 3.63) is 23.3 Å². The summed E-state index contributed by atoms with van der Waals surface area (Å²) >= 11 is 3.69. The molecular weight excluding hydrogens is 318 g/mol. The number of rotatable bonds is 4. The molecule has 0 fully saturated rings. The fourth-order valence-electron chi connectivity index (χ4n) is 2.58. The van der Waals surface area contributed by atoms with Crippen LogP contribution in [0.2, 0.25) is 0 Å². The van der Waals surface area contributed by atoms with E-state index in [4.69, 9.17) is 0 Å². The van der Waals surface area contributed by atoms with Gasteiger partial charge in [-0.25, -0.2) is 4.98 Å². The van der Waals surface area contributed by atoms with Crippen molar-refractivity contribution >= 4 is 27.9 Å². The summed E-state index contributed by atoms with van der Waals surface area (Å²) in [6.45, 7) is 8.61. The summed E-state index contributed by atoms with van der Waals surface area (Å²) in [4.78, 5) is 21.7. The second kappa shape index (κ2) is 5.72. The molecule has 2 atom stereocenters. The third kappa shape index (κ3) is 3.14. The SMILES string of the molecule is CCCN(C(C)=O)C(C)c1nc2c([nH]1)CC(C)(Br)C=C2. The molecule has 5 heteroatoms. The maximum atomic E-state index is 11.8. The van der Waals surface area contributed by atoms with E-state index in [1.54, 1.807) is 6.92 Å². The molecule has 1 aromatic heterocycles. The average molecular weight is 340 g/mol. The van der Waals surface area contributed by atoms with Gasteiger partial charge >= 0.3 is 0 Å². The number of imidazole rings is 1. The summed E-state index contributed by atoms with van der Waals surface area (Å²) < 4.78 is -0.0171. The van der Waals surface area contributed by atoms with E-state index in [-0.39, 0.29) is 16.3 Å². The standard InChI is InChI=1S/C15H22BrN3O/c1-5-8-19(11(3)20)10(2)14-17-12-6-7-15(4,16)9-13(12)18-14/h6-7,10H,5,8-9H2,1-4H3,(H,17,18). The average Bonchev–Trinajstić information content (AvgIpc) is 2.76. The predicted molar refractivity (Wildman–Crippen MR) is 84.8 cm³/mol. The lowest BCUT2D eigenvalue weighted by molar-refractivity contribution is -0.131. The molecule has 1 aromatic rings. The van der Waals surface area contributed by atoms with Gasteiger partial charge in [0, 0.05) is 29.9 Å². The van der Waals surface area contributed by atoms with Crippen LogP contribution in [0.5, 0.6) is 0 Å². The molecule has 2 rings (SSSR count). The molecule has 1 aliphatic rings. The summed E-state index contributed by atoms with van der Waals surface area (Å²) in [6, 6.07) is -0.0203. The Balaban J connectivity index is 2.25. The van der Waals surface area contributed by atoms with Gasteiger partial charge in [-0.1, -0.05) is 28.9 Å². The van der Waals surface area contributed by atoms with Crippen molar-refractivity contribution in [3.8, 4) is 0 Å². The normalized spacial score (nSPS) is 22.4. The van der Waals surface area contributed by atoms with Crippen LogP contribution >= 0.6 is 15.9 Å². The Morgan fingerprint density at radius 3 is 2.95 bits per heavy atom. The van der Waals surface area contributed by atoms with E-state index in [1.807, 2.05) is 17.9 Å². The molecule has 20 heavy (non-hydrogen) atoms. The van der Waals surface area contributed by atoms with Crippen LogP contribution in [0.4, 0.5) is 0 Å². The lowest BCUT2D eigenvalue weighted by Crippen LogP contribution is -2.32. The highest BCUT2D eigenvalue weighted by Crippen LogP contribution is 2.32. The molecule has 4 nitrogen and oxygen atoms in total. The van der Waals surface area contributed by atoms with Gasteiger partial charge in [0.15, 0.2) is 0 Å². The molecule has 2 unspecified atom stereocenters. The Morgan fingerprint density at radius 1 is 1.65 bits per heavy atom. The van der Waals surface area contributed by atoms with Crippen molar-refractivity contribution in [1.29, 1.82) is 0 Å².